The Hall–Kier alpha value is -4.06. The average Bonchev–Trinajstić information content (AvgIpc) is 3.57. The predicted octanol–water partition coefficient (Wildman–Crippen LogP) is 6.46. The molecule has 1 unspecified atom stereocenters. The summed E-state index contributed by atoms with van der Waals surface area (Å²) in [7, 11) is 1.67. The van der Waals surface area contributed by atoms with Gasteiger partial charge in [0.15, 0.2) is 11.6 Å². The molecule has 1 spiro atoms. The highest BCUT2D eigenvalue weighted by molar-refractivity contribution is 6.34. The maximum absolute atomic E-state index is 12.3. The van der Waals surface area contributed by atoms with Crippen LogP contribution in [-0.2, 0) is 14.2 Å². The first-order valence-corrected chi connectivity index (χ1v) is 15.6. The SMILES string of the molecule is CO/C1=C(\OCCCN2CCC3(COC3)C2)C/C=C2/N=CC=C(Oc3ccc(NC(=O)Nc4cc(C)on4)c(Cl)c3)CC2C=C1. The van der Waals surface area contributed by atoms with Gasteiger partial charge in [0.2, 0.25) is 0 Å². The van der Waals surface area contributed by atoms with Gasteiger partial charge in [-0.05, 0) is 50.6 Å². The summed E-state index contributed by atoms with van der Waals surface area (Å²) >= 11 is 6.46. The molecule has 4 heterocycles. The number of urea groups is 1. The van der Waals surface area contributed by atoms with Gasteiger partial charge in [0.1, 0.15) is 23.0 Å². The smallest absolute Gasteiger partial charge is 0.324 e. The lowest BCUT2D eigenvalue weighted by molar-refractivity contribution is -0.105. The summed E-state index contributed by atoms with van der Waals surface area (Å²) in [6.45, 7) is 7.49. The molecular weight excluding hydrogens is 598 g/mol. The Morgan fingerprint density at radius 2 is 2.13 bits per heavy atom. The second-order valence-corrected chi connectivity index (χ2v) is 12.2. The quantitative estimate of drug-likeness (QED) is 0.285. The molecule has 0 radical (unpaired) electrons. The first-order chi connectivity index (χ1) is 21.9. The highest BCUT2D eigenvalue weighted by atomic mass is 35.5. The Morgan fingerprint density at radius 3 is 2.87 bits per heavy atom. The Kier molecular flexibility index (Phi) is 9.58. The maximum Gasteiger partial charge on any atom is 0.324 e. The van der Waals surface area contributed by atoms with E-state index in [1.807, 2.05) is 12.2 Å². The van der Waals surface area contributed by atoms with E-state index in [0.717, 1.165) is 56.5 Å². The van der Waals surface area contributed by atoms with Crippen molar-refractivity contribution >= 4 is 35.4 Å². The van der Waals surface area contributed by atoms with Crippen LogP contribution in [-0.4, -0.2) is 68.9 Å². The number of carbonyl (C=O) groups excluding carboxylic acids is 1. The number of likely N-dealkylation sites (tertiary alicyclic amines) is 1. The number of methoxy groups -OCH3 is 1. The topological polar surface area (TPSA) is 120 Å². The van der Waals surface area contributed by atoms with Crippen LogP contribution in [0.15, 0.2) is 81.1 Å². The van der Waals surface area contributed by atoms with Crippen molar-refractivity contribution in [1.82, 2.24) is 10.1 Å². The number of rotatable bonds is 10. The number of aromatic nitrogens is 1. The van der Waals surface area contributed by atoms with Crippen molar-refractivity contribution in [3.63, 3.8) is 0 Å². The lowest BCUT2D eigenvalue weighted by atomic mass is 9.85. The van der Waals surface area contributed by atoms with Crippen LogP contribution in [0, 0.1) is 18.3 Å². The fraction of sp³-hybridized carbons (Fsp3) is 0.424. The van der Waals surface area contributed by atoms with Crippen molar-refractivity contribution in [3.8, 4) is 5.75 Å². The number of halogens is 1. The van der Waals surface area contributed by atoms with Crippen LogP contribution < -0.4 is 15.4 Å². The molecule has 45 heavy (non-hydrogen) atoms. The maximum atomic E-state index is 12.3. The third-order valence-electron chi connectivity index (χ3n) is 8.29. The second kappa shape index (κ2) is 13.9. The van der Waals surface area contributed by atoms with Crippen LogP contribution in [0.1, 0.15) is 31.4 Å². The Balaban J connectivity index is 1.02. The Morgan fingerprint density at radius 1 is 1.24 bits per heavy atom. The summed E-state index contributed by atoms with van der Waals surface area (Å²) in [5.74, 6) is 3.67. The number of allylic oxidation sites excluding steroid dienone is 5. The van der Waals surface area contributed by atoms with E-state index in [9.17, 15) is 4.79 Å². The summed E-state index contributed by atoms with van der Waals surface area (Å²) in [5, 5.41) is 9.37. The van der Waals surface area contributed by atoms with E-state index in [1.165, 1.54) is 6.42 Å². The van der Waals surface area contributed by atoms with Crippen molar-refractivity contribution in [2.45, 2.75) is 32.6 Å². The van der Waals surface area contributed by atoms with E-state index in [0.29, 0.717) is 58.7 Å². The van der Waals surface area contributed by atoms with Gasteiger partial charge in [-0.15, -0.1) is 0 Å². The number of hydrogen-bond donors (Lipinski definition) is 2. The molecule has 4 aliphatic rings. The monoisotopic (exact) mass is 635 g/mol. The van der Waals surface area contributed by atoms with Crippen LogP contribution in [0.25, 0.3) is 0 Å². The molecule has 1 aromatic heterocycles. The van der Waals surface area contributed by atoms with E-state index in [4.69, 9.17) is 40.1 Å². The van der Waals surface area contributed by atoms with E-state index >= 15 is 0 Å². The number of aliphatic imine (C=N–C) groups is 1. The van der Waals surface area contributed by atoms with Crippen molar-refractivity contribution in [2.75, 3.05) is 57.2 Å². The van der Waals surface area contributed by atoms with Crippen molar-refractivity contribution in [2.24, 2.45) is 16.3 Å². The number of anilines is 2. The fourth-order valence-electron chi connectivity index (χ4n) is 5.88. The lowest BCUT2D eigenvalue weighted by Gasteiger charge is -2.37. The first-order valence-electron chi connectivity index (χ1n) is 15.2. The molecular formula is C33H38ClN5O6. The third kappa shape index (κ3) is 7.78. The van der Waals surface area contributed by atoms with Gasteiger partial charge in [-0.2, -0.15) is 0 Å². The number of benzene rings is 1. The van der Waals surface area contributed by atoms with Gasteiger partial charge in [-0.25, -0.2) is 4.79 Å². The van der Waals surface area contributed by atoms with Crippen LogP contribution in [0.2, 0.25) is 5.02 Å². The minimum Gasteiger partial charge on any atom is -0.494 e. The molecule has 3 aliphatic heterocycles. The molecule has 6 rings (SSSR count). The van der Waals surface area contributed by atoms with Crippen molar-refractivity contribution in [1.29, 1.82) is 0 Å². The minimum absolute atomic E-state index is 0.0139. The predicted molar refractivity (Wildman–Crippen MR) is 171 cm³/mol. The van der Waals surface area contributed by atoms with Crippen LogP contribution in [0.3, 0.4) is 0 Å². The molecule has 1 atom stereocenters. The summed E-state index contributed by atoms with van der Waals surface area (Å²) in [6, 6.07) is 6.21. The Labute approximate surface area is 267 Å². The summed E-state index contributed by atoms with van der Waals surface area (Å²) in [4.78, 5) is 19.6. The second-order valence-electron chi connectivity index (χ2n) is 11.8. The van der Waals surface area contributed by atoms with E-state index in [2.05, 4.69) is 32.8 Å². The molecule has 1 aromatic carbocycles. The molecule has 12 heteroatoms. The fourth-order valence-corrected chi connectivity index (χ4v) is 6.10. The van der Waals surface area contributed by atoms with Gasteiger partial charge >= 0.3 is 6.03 Å². The highest BCUT2D eigenvalue weighted by Crippen LogP contribution is 2.37. The highest BCUT2D eigenvalue weighted by Gasteiger charge is 2.44. The van der Waals surface area contributed by atoms with Crippen LogP contribution in [0.5, 0.6) is 5.75 Å². The molecule has 238 valence electrons. The van der Waals surface area contributed by atoms with E-state index in [-0.39, 0.29) is 5.92 Å². The molecule has 2 aromatic rings. The molecule has 0 saturated carbocycles. The summed E-state index contributed by atoms with van der Waals surface area (Å²) < 4.78 is 28.5. The van der Waals surface area contributed by atoms with Crippen molar-refractivity contribution in [3.05, 3.63) is 82.3 Å². The normalized spacial score (nSPS) is 23.5. The van der Waals surface area contributed by atoms with Gasteiger partial charge < -0.3 is 33.7 Å². The molecule has 2 saturated heterocycles. The number of hydrogen-bond acceptors (Lipinski definition) is 9. The van der Waals surface area contributed by atoms with Gasteiger partial charge in [0.25, 0.3) is 0 Å². The van der Waals surface area contributed by atoms with Gasteiger partial charge in [-0.3, -0.25) is 10.3 Å². The van der Waals surface area contributed by atoms with Crippen molar-refractivity contribution < 1.29 is 28.3 Å². The molecule has 2 N–H and O–H groups in total. The zero-order valence-corrected chi connectivity index (χ0v) is 26.3. The molecule has 11 nitrogen and oxygen atoms in total. The van der Waals surface area contributed by atoms with Crippen LogP contribution >= 0.6 is 11.6 Å². The number of ether oxygens (including phenoxy) is 4. The summed E-state index contributed by atoms with van der Waals surface area (Å²) in [6.07, 6.45) is 13.1. The van der Waals surface area contributed by atoms with Gasteiger partial charge in [-0.1, -0.05) is 28.9 Å². The van der Waals surface area contributed by atoms with E-state index in [1.54, 1.807) is 44.5 Å². The van der Waals surface area contributed by atoms with Gasteiger partial charge in [0.05, 0.1) is 37.6 Å². The van der Waals surface area contributed by atoms with Gasteiger partial charge in [0, 0.05) is 61.3 Å². The lowest BCUT2D eigenvalue weighted by Crippen LogP contribution is -2.44. The number of carbonyl (C=O) groups is 1. The number of nitrogens with zero attached hydrogens (tertiary/aromatic N) is 3. The third-order valence-corrected chi connectivity index (χ3v) is 8.61. The first kappa shape index (κ1) is 30.9. The summed E-state index contributed by atoms with van der Waals surface area (Å²) in [5.41, 5.74) is 1.77. The van der Waals surface area contributed by atoms with Crippen LogP contribution in [0.4, 0.5) is 16.3 Å². The Bertz CT molecular complexity index is 1560. The molecule has 0 bridgehead atoms. The minimum atomic E-state index is -0.491. The number of amides is 2. The van der Waals surface area contributed by atoms with E-state index < -0.39 is 6.03 Å². The number of fused-ring (bicyclic) bond motifs is 1. The largest absolute Gasteiger partial charge is 0.494 e. The molecule has 1 aliphatic carbocycles. The average molecular weight is 636 g/mol. The zero-order chi connectivity index (χ0) is 31.2. The number of nitrogens with one attached hydrogen (secondary N) is 2. The standard InChI is InChI=1S/C33H38ClN5O6/c1-22-16-31(38-45-22)37-32(40)36-28-6-5-24(18-26(28)34)44-25-10-12-35-27-7-9-30(29(41-2)8-4-23(27)17-25)43-15-3-13-39-14-11-33(19-39)20-42-21-33/h4-8,10,12,16,18,23H,3,9,11,13-15,17,19-21H2,1-2H3,(H2,36,37,38,40)/b8-4?,27-7+,30-29-. The zero-order valence-electron chi connectivity index (χ0n) is 25.5. The molecule has 2 amide bonds. The number of aryl methyl sites for hydroxylation is 1. The molecule has 2 fully saturated rings.